The molecule has 3 heterocycles. The summed E-state index contributed by atoms with van der Waals surface area (Å²) < 4.78 is 12.6. The van der Waals surface area contributed by atoms with E-state index in [4.69, 9.17) is 9.47 Å². The van der Waals surface area contributed by atoms with Gasteiger partial charge in [-0.1, -0.05) is 11.3 Å². The lowest BCUT2D eigenvalue weighted by atomic mass is 10.0. The number of amides is 1. The minimum absolute atomic E-state index is 0.0541. The summed E-state index contributed by atoms with van der Waals surface area (Å²) in [5.41, 5.74) is 4.17. The second-order valence-corrected chi connectivity index (χ2v) is 8.27. The molecular formula is C22H31N5O3. The topological polar surface area (TPSA) is 72.7 Å². The molecule has 1 unspecified atom stereocenters. The molecule has 8 nitrogen and oxygen atoms in total. The van der Waals surface area contributed by atoms with Gasteiger partial charge in [0.2, 0.25) is 0 Å². The molecule has 8 heteroatoms. The van der Waals surface area contributed by atoms with Crippen molar-refractivity contribution < 1.29 is 14.3 Å². The van der Waals surface area contributed by atoms with Crippen molar-refractivity contribution in [1.82, 2.24) is 24.8 Å². The van der Waals surface area contributed by atoms with Gasteiger partial charge in [0.05, 0.1) is 32.6 Å². The molecule has 2 fully saturated rings. The predicted octanol–water partition coefficient (Wildman–Crippen LogP) is 2.21. The number of rotatable bonds is 5. The van der Waals surface area contributed by atoms with Gasteiger partial charge in [-0.05, 0) is 56.0 Å². The summed E-state index contributed by atoms with van der Waals surface area (Å²) >= 11 is 0. The van der Waals surface area contributed by atoms with Gasteiger partial charge in [0.15, 0.2) is 5.69 Å². The maximum Gasteiger partial charge on any atom is 0.276 e. The Balaban J connectivity index is 1.41. The highest BCUT2D eigenvalue weighted by molar-refractivity contribution is 5.92. The van der Waals surface area contributed by atoms with Crippen LogP contribution < -0.4 is 4.74 Å². The molecule has 1 aromatic carbocycles. The van der Waals surface area contributed by atoms with Crippen LogP contribution in [0.25, 0.3) is 0 Å². The van der Waals surface area contributed by atoms with E-state index in [1.807, 2.05) is 10.9 Å². The number of ether oxygens (including phenoxy) is 2. The molecule has 2 aliphatic rings. The zero-order valence-corrected chi connectivity index (χ0v) is 18.1. The van der Waals surface area contributed by atoms with E-state index >= 15 is 0 Å². The number of aromatic nitrogens is 3. The van der Waals surface area contributed by atoms with Crippen molar-refractivity contribution in [1.29, 1.82) is 0 Å². The number of morpholine rings is 1. The summed E-state index contributed by atoms with van der Waals surface area (Å²) in [6.07, 6.45) is 3.96. The number of benzene rings is 1. The van der Waals surface area contributed by atoms with E-state index in [1.165, 1.54) is 11.1 Å². The average molecular weight is 414 g/mol. The van der Waals surface area contributed by atoms with E-state index in [0.29, 0.717) is 32.0 Å². The van der Waals surface area contributed by atoms with Crippen LogP contribution in [0, 0.1) is 13.8 Å². The molecule has 0 radical (unpaired) electrons. The molecule has 1 aromatic heterocycles. The molecule has 0 N–H and O–H groups in total. The van der Waals surface area contributed by atoms with Gasteiger partial charge in [0.1, 0.15) is 5.75 Å². The van der Waals surface area contributed by atoms with Gasteiger partial charge >= 0.3 is 0 Å². The third kappa shape index (κ3) is 4.49. The fraction of sp³-hybridized carbons (Fsp3) is 0.591. The standard InChI is InChI=1S/C22H31N5O3/c1-16-12-21(29-3)17(2)11-18(16)13-25-6-4-5-19(14-25)27-15-20(23-24-27)22(28)26-7-9-30-10-8-26/h11-12,15,19H,4-10,13-14H2,1-3H3. The highest BCUT2D eigenvalue weighted by Gasteiger charge is 2.26. The van der Waals surface area contributed by atoms with Gasteiger partial charge < -0.3 is 14.4 Å². The molecule has 2 aliphatic heterocycles. The summed E-state index contributed by atoms with van der Waals surface area (Å²) in [6.45, 7) is 9.50. The zero-order valence-electron chi connectivity index (χ0n) is 18.1. The average Bonchev–Trinajstić information content (AvgIpc) is 3.27. The van der Waals surface area contributed by atoms with E-state index in [1.54, 1.807) is 12.0 Å². The van der Waals surface area contributed by atoms with E-state index in [2.05, 4.69) is 41.2 Å². The minimum Gasteiger partial charge on any atom is -0.496 e. The molecule has 1 amide bonds. The zero-order chi connectivity index (χ0) is 21.1. The molecule has 1 atom stereocenters. The normalized spacial score (nSPS) is 20.4. The first-order valence-corrected chi connectivity index (χ1v) is 10.7. The maximum absolute atomic E-state index is 12.7. The number of hydrogen-bond acceptors (Lipinski definition) is 6. The van der Waals surface area contributed by atoms with Crippen molar-refractivity contribution in [2.45, 2.75) is 39.3 Å². The Hall–Kier alpha value is -2.45. The Kier molecular flexibility index (Phi) is 6.34. The monoisotopic (exact) mass is 413 g/mol. The first-order chi connectivity index (χ1) is 14.5. The van der Waals surface area contributed by atoms with Crippen molar-refractivity contribution >= 4 is 5.91 Å². The minimum atomic E-state index is -0.0541. The van der Waals surface area contributed by atoms with Crippen LogP contribution in [0.3, 0.4) is 0 Å². The van der Waals surface area contributed by atoms with E-state index in [-0.39, 0.29) is 11.9 Å². The smallest absolute Gasteiger partial charge is 0.276 e. The quantitative estimate of drug-likeness (QED) is 0.748. The number of piperidine rings is 1. The molecule has 30 heavy (non-hydrogen) atoms. The maximum atomic E-state index is 12.7. The van der Waals surface area contributed by atoms with Crippen LogP contribution in [-0.4, -0.2) is 77.2 Å². The van der Waals surface area contributed by atoms with Gasteiger partial charge in [-0.3, -0.25) is 9.69 Å². The second kappa shape index (κ2) is 9.14. The molecule has 0 spiro atoms. The highest BCUT2D eigenvalue weighted by atomic mass is 16.5. The molecule has 162 valence electrons. The first-order valence-electron chi connectivity index (χ1n) is 10.7. The molecule has 2 aromatic rings. The summed E-state index contributed by atoms with van der Waals surface area (Å²) in [7, 11) is 1.72. The lowest BCUT2D eigenvalue weighted by molar-refractivity contribution is 0.0299. The van der Waals surface area contributed by atoms with Gasteiger partial charge in [-0.2, -0.15) is 0 Å². The lowest BCUT2D eigenvalue weighted by Gasteiger charge is -2.33. The van der Waals surface area contributed by atoms with Crippen LogP contribution in [0.1, 0.15) is 46.1 Å². The molecule has 0 saturated carbocycles. The number of methoxy groups -OCH3 is 1. The second-order valence-electron chi connectivity index (χ2n) is 8.27. The summed E-state index contributed by atoms with van der Waals surface area (Å²) in [6, 6.07) is 4.58. The molecule has 2 saturated heterocycles. The molecule has 0 aliphatic carbocycles. The SMILES string of the molecule is COc1cc(C)c(CN2CCCC(n3cc(C(=O)N4CCOCC4)nn3)C2)cc1C. The number of aryl methyl sites for hydroxylation is 2. The Morgan fingerprint density at radius 2 is 2.00 bits per heavy atom. The molecule has 0 bridgehead atoms. The Morgan fingerprint density at radius 1 is 1.20 bits per heavy atom. The van der Waals surface area contributed by atoms with Crippen LogP contribution in [0.4, 0.5) is 0 Å². The van der Waals surface area contributed by atoms with E-state index < -0.39 is 0 Å². The third-order valence-corrected chi connectivity index (χ3v) is 6.13. The Labute approximate surface area is 177 Å². The number of nitrogens with zero attached hydrogens (tertiary/aromatic N) is 5. The van der Waals surface area contributed by atoms with Gasteiger partial charge in [0.25, 0.3) is 5.91 Å². The van der Waals surface area contributed by atoms with Gasteiger partial charge in [0, 0.05) is 26.2 Å². The Bertz CT molecular complexity index is 891. The molecular weight excluding hydrogens is 382 g/mol. The Morgan fingerprint density at radius 3 is 2.77 bits per heavy atom. The number of carbonyl (C=O) groups is 1. The van der Waals surface area contributed by atoms with Crippen molar-refractivity contribution in [2.75, 3.05) is 46.5 Å². The highest BCUT2D eigenvalue weighted by Crippen LogP contribution is 2.26. The van der Waals surface area contributed by atoms with Gasteiger partial charge in [-0.15, -0.1) is 5.10 Å². The first kappa shape index (κ1) is 20.8. The van der Waals surface area contributed by atoms with Crippen molar-refractivity contribution in [3.8, 4) is 5.75 Å². The number of hydrogen-bond donors (Lipinski definition) is 0. The van der Waals surface area contributed by atoms with E-state index in [9.17, 15) is 4.79 Å². The largest absolute Gasteiger partial charge is 0.496 e. The molecule has 4 rings (SSSR count). The summed E-state index contributed by atoms with van der Waals surface area (Å²) in [5.74, 6) is 0.884. The fourth-order valence-electron chi connectivity index (χ4n) is 4.35. The van der Waals surface area contributed by atoms with Crippen LogP contribution in [0.15, 0.2) is 18.3 Å². The summed E-state index contributed by atoms with van der Waals surface area (Å²) in [5, 5.41) is 8.47. The van der Waals surface area contributed by atoms with Crippen LogP contribution in [0.2, 0.25) is 0 Å². The van der Waals surface area contributed by atoms with Crippen LogP contribution in [-0.2, 0) is 11.3 Å². The van der Waals surface area contributed by atoms with Crippen molar-refractivity contribution in [2.24, 2.45) is 0 Å². The number of carbonyl (C=O) groups excluding carboxylic acids is 1. The third-order valence-electron chi connectivity index (χ3n) is 6.13. The fourth-order valence-corrected chi connectivity index (χ4v) is 4.35. The van der Waals surface area contributed by atoms with Crippen molar-refractivity contribution in [3.05, 3.63) is 40.7 Å². The van der Waals surface area contributed by atoms with E-state index in [0.717, 1.165) is 43.8 Å². The number of likely N-dealkylation sites (tertiary alicyclic amines) is 1. The predicted molar refractivity (Wildman–Crippen MR) is 113 cm³/mol. The van der Waals surface area contributed by atoms with Crippen LogP contribution in [0.5, 0.6) is 5.75 Å². The van der Waals surface area contributed by atoms with Gasteiger partial charge in [-0.25, -0.2) is 4.68 Å². The van der Waals surface area contributed by atoms with Crippen LogP contribution >= 0.6 is 0 Å². The summed E-state index contributed by atoms with van der Waals surface area (Å²) in [4.78, 5) is 16.9. The lowest BCUT2D eigenvalue weighted by Crippen LogP contribution is -2.40. The van der Waals surface area contributed by atoms with Crippen molar-refractivity contribution in [3.63, 3.8) is 0 Å².